The van der Waals surface area contributed by atoms with E-state index in [4.69, 9.17) is 22.7 Å². The number of fused-ring (bicyclic) bond motifs is 1. The predicted molar refractivity (Wildman–Crippen MR) is 84.0 cm³/mol. The monoisotopic (exact) mass is 278 g/mol. The van der Waals surface area contributed by atoms with Crippen molar-refractivity contribution in [3.8, 4) is 5.75 Å². The number of nitrogens with two attached hydrogens (primary N) is 1. The van der Waals surface area contributed by atoms with E-state index in [0.717, 1.165) is 38.3 Å². The van der Waals surface area contributed by atoms with Gasteiger partial charge in [0.2, 0.25) is 0 Å². The van der Waals surface area contributed by atoms with Crippen molar-refractivity contribution < 1.29 is 4.74 Å². The minimum absolute atomic E-state index is 0.0998. The molecule has 0 radical (unpaired) electrons. The Balaban J connectivity index is 2.10. The Labute approximate surface area is 120 Å². The Bertz CT molecular complexity index is 459. The van der Waals surface area contributed by atoms with Gasteiger partial charge in [0.15, 0.2) is 0 Å². The summed E-state index contributed by atoms with van der Waals surface area (Å²) in [7, 11) is 0. The highest BCUT2D eigenvalue weighted by atomic mass is 32.1. The molecule has 4 heteroatoms. The van der Waals surface area contributed by atoms with Crippen LogP contribution < -0.4 is 15.4 Å². The molecule has 1 aromatic rings. The minimum atomic E-state index is -0.0998. The fourth-order valence-corrected chi connectivity index (χ4v) is 2.27. The number of thiocarbonyl (C=S) groups is 1. The van der Waals surface area contributed by atoms with E-state index in [2.05, 4.69) is 30.9 Å². The van der Waals surface area contributed by atoms with Crippen LogP contribution in [0.4, 0.5) is 5.69 Å². The molecule has 1 heterocycles. The molecule has 1 aliphatic rings. The molecule has 0 bridgehead atoms. The van der Waals surface area contributed by atoms with Crippen LogP contribution in [0.25, 0.3) is 0 Å². The molecule has 1 aliphatic heterocycles. The van der Waals surface area contributed by atoms with Crippen LogP contribution in [0.5, 0.6) is 5.75 Å². The highest BCUT2D eigenvalue weighted by Gasteiger charge is 2.24. The average molecular weight is 278 g/mol. The molecule has 0 saturated heterocycles. The molecule has 0 spiro atoms. The number of hydrogen-bond donors (Lipinski definition) is 1. The average Bonchev–Trinajstić information content (AvgIpc) is 2.58. The number of para-hydroxylation sites is 2. The summed E-state index contributed by atoms with van der Waals surface area (Å²) in [6, 6.07) is 8.22. The second-order valence-electron chi connectivity index (χ2n) is 5.65. The fraction of sp³-hybridized carbons (Fsp3) is 0.533. The van der Waals surface area contributed by atoms with Crippen molar-refractivity contribution in [3.05, 3.63) is 24.3 Å². The summed E-state index contributed by atoms with van der Waals surface area (Å²) in [5.41, 5.74) is 6.88. The second-order valence-corrected chi connectivity index (χ2v) is 6.09. The van der Waals surface area contributed by atoms with Crippen LogP contribution in [-0.4, -0.2) is 24.7 Å². The molecule has 19 heavy (non-hydrogen) atoms. The molecule has 1 aromatic carbocycles. The molecule has 3 nitrogen and oxygen atoms in total. The zero-order valence-corrected chi connectivity index (χ0v) is 12.5. The Morgan fingerprint density at radius 1 is 1.42 bits per heavy atom. The van der Waals surface area contributed by atoms with Crippen molar-refractivity contribution in [1.29, 1.82) is 0 Å². The van der Waals surface area contributed by atoms with Gasteiger partial charge < -0.3 is 15.4 Å². The first-order valence-electron chi connectivity index (χ1n) is 6.77. The van der Waals surface area contributed by atoms with Crippen LogP contribution in [0.15, 0.2) is 24.3 Å². The lowest BCUT2D eigenvalue weighted by Crippen LogP contribution is -2.35. The molecule has 2 N–H and O–H groups in total. The van der Waals surface area contributed by atoms with E-state index in [9.17, 15) is 0 Å². The highest BCUT2D eigenvalue weighted by Crippen LogP contribution is 2.32. The normalized spacial score (nSPS) is 15.4. The lowest BCUT2D eigenvalue weighted by Gasteiger charge is -2.29. The molecular formula is C15H22N2OS. The van der Waals surface area contributed by atoms with E-state index in [1.54, 1.807) is 0 Å². The third kappa shape index (κ3) is 3.38. The van der Waals surface area contributed by atoms with Crippen molar-refractivity contribution in [2.45, 2.75) is 26.7 Å². The number of hydrogen-bond acceptors (Lipinski definition) is 3. The summed E-state index contributed by atoms with van der Waals surface area (Å²) < 4.78 is 5.77. The maximum atomic E-state index is 5.80. The van der Waals surface area contributed by atoms with Crippen LogP contribution in [0, 0.1) is 5.41 Å². The predicted octanol–water partition coefficient (Wildman–Crippen LogP) is 2.98. The highest BCUT2D eigenvalue weighted by molar-refractivity contribution is 7.80. The van der Waals surface area contributed by atoms with Gasteiger partial charge in [-0.1, -0.05) is 38.2 Å². The van der Waals surface area contributed by atoms with Gasteiger partial charge in [-0.3, -0.25) is 0 Å². The molecule has 0 saturated carbocycles. The Morgan fingerprint density at radius 3 is 2.89 bits per heavy atom. The minimum Gasteiger partial charge on any atom is -0.491 e. The second kappa shape index (κ2) is 5.78. The summed E-state index contributed by atoms with van der Waals surface area (Å²) in [4.78, 5) is 2.97. The van der Waals surface area contributed by atoms with Gasteiger partial charge in [-0.2, -0.15) is 0 Å². The summed E-state index contributed by atoms with van der Waals surface area (Å²) in [5, 5.41) is 0. The van der Waals surface area contributed by atoms with Gasteiger partial charge >= 0.3 is 0 Å². The maximum absolute atomic E-state index is 5.80. The van der Waals surface area contributed by atoms with Crippen LogP contribution in [0.3, 0.4) is 0 Å². The number of rotatable bonds is 4. The summed E-state index contributed by atoms with van der Waals surface area (Å²) in [5.74, 6) is 0.980. The third-order valence-electron chi connectivity index (χ3n) is 3.71. The lowest BCUT2D eigenvalue weighted by molar-refractivity contribution is 0.322. The molecule has 0 aliphatic carbocycles. The van der Waals surface area contributed by atoms with Crippen molar-refractivity contribution in [3.63, 3.8) is 0 Å². The number of anilines is 1. The van der Waals surface area contributed by atoms with Crippen molar-refractivity contribution in [2.75, 3.05) is 24.6 Å². The smallest absolute Gasteiger partial charge is 0.142 e. The van der Waals surface area contributed by atoms with Crippen LogP contribution in [0.2, 0.25) is 0 Å². The topological polar surface area (TPSA) is 38.5 Å². The van der Waals surface area contributed by atoms with Gasteiger partial charge in [0.05, 0.1) is 17.3 Å². The first-order valence-corrected chi connectivity index (χ1v) is 7.18. The fourth-order valence-electron chi connectivity index (χ4n) is 2.17. The largest absolute Gasteiger partial charge is 0.491 e. The Hall–Kier alpha value is -1.29. The standard InChI is InChI=1S/C15H22N2OS/c1-15(2,14(16)19)8-10-17-9-5-11-18-13-7-4-3-6-12(13)17/h3-4,6-7H,5,8-11H2,1-2H3,(H2,16,19). The molecule has 2 rings (SSSR count). The molecular weight excluding hydrogens is 256 g/mol. The quantitative estimate of drug-likeness (QED) is 0.859. The van der Waals surface area contributed by atoms with Gasteiger partial charge in [-0.15, -0.1) is 0 Å². The van der Waals surface area contributed by atoms with Gasteiger partial charge in [0.25, 0.3) is 0 Å². The maximum Gasteiger partial charge on any atom is 0.142 e. The Morgan fingerprint density at radius 2 is 2.16 bits per heavy atom. The van der Waals surface area contributed by atoms with Crippen LogP contribution >= 0.6 is 12.2 Å². The van der Waals surface area contributed by atoms with E-state index in [1.807, 2.05) is 12.1 Å². The van der Waals surface area contributed by atoms with E-state index >= 15 is 0 Å². The SMILES string of the molecule is CC(C)(CCN1CCCOc2ccccc21)C(N)=S. The Kier molecular flexibility index (Phi) is 4.30. The number of nitrogens with zero attached hydrogens (tertiary/aromatic N) is 1. The zero-order valence-electron chi connectivity index (χ0n) is 11.7. The zero-order chi connectivity index (χ0) is 13.9. The molecule has 0 atom stereocenters. The molecule has 0 amide bonds. The van der Waals surface area contributed by atoms with E-state index in [0.29, 0.717) is 4.99 Å². The van der Waals surface area contributed by atoms with Crippen LogP contribution in [0.1, 0.15) is 26.7 Å². The van der Waals surface area contributed by atoms with E-state index in [1.165, 1.54) is 5.69 Å². The van der Waals surface area contributed by atoms with E-state index < -0.39 is 0 Å². The third-order valence-corrected chi connectivity index (χ3v) is 4.26. The summed E-state index contributed by atoms with van der Waals surface area (Å²) in [6.07, 6.45) is 2.00. The lowest BCUT2D eigenvalue weighted by atomic mass is 9.89. The number of benzene rings is 1. The van der Waals surface area contributed by atoms with Crippen molar-refractivity contribution in [2.24, 2.45) is 11.1 Å². The first kappa shape index (κ1) is 14.1. The molecule has 0 fully saturated rings. The van der Waals surface area contributed by atoms with Gasteiger partial charge in [0.1, 0.15) is 5.75 Å². The number of ether oxygens (including phenoxy) is 1. The summed E-state index contributed by atoms with van der Waals surface area (Å²) >= 11 is 5.14. The summed E-state index contributed by atoms with van der Waals surface area (Å²) in [6.45, 7) is 6.96. The van der Waals surface area contributed by atoms with Gasteiger partial charge in [-0.05, 0) is 25.0 Å². The molecule has 0 aromatic heterocycles. The van der Waals surface area contributed by atoms with Crippen molar-refractivity contribution in [1.82, 2.24) is 0 Å². The molecule has 104 valence electrons. The van der Waals surface area contributed by atoms with Gasteiger partial charge in [-0.25, -0.2) is 0 Å². The molecule has 0 unspecified atom stereocenters. The van der Waals surface area contributed by atoms with Crippen molar-refractivity contribution >= 4 is 22.9 Å². The van der Waals surface area contributed by atoms with Crippen LogP contribution in [-0.2, 0) is 0 Å². The first-order chi connectivity index (χ1) is 9.00. The van der Waals surface area contributed by atoms with E-state index in [-0.39, 0.29) is 5.41 Å². The van der Waals surface area contributed by atoms with Gasteiger partial charge in [0, 0.05) is 18.5 Å².